The molecule has 3 N–H and O–H groups in total. The molecule has 2 aromatic carbocycles. The van der Waals surface area contributed by atoms with Crippen LogP contribution in [-0.4, -0.2) is 34.6 Å². The zero-order chi connectivity index (χ0) is 22.9. The molecule has 32 heavy (non-hydrogen) atoms. The van der Waals surface area contributed by atoms with Crippen LogP contribution in [0.3, 0.4) is 0 Å². The molecular formula is C24H19Cl2N3O3. The van der Waals surface area contributed by atoms with Gasteiger partial charge in [0.25, 0.3) is 5.91 Å². The van der Waals surface area contributed by atoms with Gasteiger partial charge in [-0.25, -0.2) is 9.78 Å². The van der Waals surface area contributed by atoms with E-state index in [-0.39, 0.29) is 22.0 Å². The van der Waals surface area contributed by atoms with E-state index in [0.717, 1.165) is 16.9 Å². The lowest BCUT2D eigenvalue weighted by atomic mass is 10.0. The van der Waals surface area contributed by atoms with Crippen LogP contribution in [0.4, 0.5) is 5.82 Å². The van der Waals surface area contributed by atoms with Gasteiger partial charge in [0.05, 0.1) is 22.2 Å². The lowest BCUT2D eigenvalue weighted by Gasteiger charge is -2.16. The second-order valence-electron chi connectivity index (χ2n) is 6.73. The van der Waals surface area contributed by atoms with Gasteiger partial charge in [-0.3, -0.25) is 4.79 Å². The minimum atomic E-state index is -1.16. The third kappa shape index (κ3) is 6.48. The predicted octanol–water partition coefficient (Wildman–Crippen LogP) is 4.28. The van der Waals surface area contributed by atoms with E-state index in [1.807, 2.05) is 18.2 Å². The van der Waals surface area contributed by atoms with E-state index in [1.54, 1.807) is 36.5 Å². The Balaban J connectivity index is 1.60. The first-order chi connectivity index (χ1) is 15.4. The van der Waals surface area contributed by atoms with Crippen molar-refractivity contribution in [1.29, 1.82) is 0 Å². The highest BCUT2D eigenvalue weighted by atomic mass is 35.5. The molecule has 0 aliphatic carbocycles. The molecule has 1 aromatic heterocycles. The van der Waals surface area contributed by atoms with Gasteiger partial charge in [-0.15, -0.1) is 0 Å². The van der Waals surface area contributed by atoms with Gasteiger partial charge in [0.2, 0.25) is 0 Å². The standard InChI is InChI=1S/C24H19Cl2N3O3/c25-18-6-3-7-19(26)22(18)23(30)29-20(24(31)32)15-17-11-9-16(10-12-17)5-4-14-28-21-8-1-2-13-27-21/h1-3,6-13,20H,14-15H2,(H,27,28)(H,29,30)(H,31,32)/t20-/m0/s1. The summed E-state index contributed by atoms with van der Waals surface area (Å²) in [5.74, 6) is 4.98. The number of benzene rings is 2. The Hall–Kier alpha value is -3.53. The van der Waals surface area contributed by atoms with Crippen LogP contribution in [0, 0.1) is 11.8 Å². The summed E-state index contributed by atoms with van der Waals surface area (Å²) in [6.07, 6.45) is 1.79. The molecule has 0 saturated heterocycles. The summed E-state index contributed by atoms with van der Waals surface area (Å²) in [6, 6.07) is 16.2. The molecular weight excluding hydrogens is 449 g/mol. The quantitative estimate of drug-likeness (QED) is 0.451. The van der Waals surface area contributed by atoms with Crippen molar-refractivity contribution < 1.29 is 14.7 Å². The van der Waals surface area contributed by atoms with Crippen LogP contribution in [0.1, 0.15) is 21.5 Å². The number of aromatic nitrogens is 1. The summed E-state index contributed by atoms with van der Waals surface area (Å²) in [5, 5.41) is 15.4. The van der Waals surface area contributed by atoms with Crippen molar-refractivity contribution >= 4 is 40.9 Å². The molecule has 0 unspecified atom stereocenters. The molecule has 0 aliphatic heterocycles. The van der Waals surface area contributed by atoms with E-state index < -0.39 is 17.9 Å². The molecule has 6 nitrogen and oxygen atoms in total. The van der Waals surface area contributed by atoms with Gasteiger partial charge >= 0.3 is 5.97 Å². The minimum absolute atomic E-state index is 0.0482. The normalized spacial score (nSPS) is 11.1. The zero-order valence-electron chi connectivity index (χ0n) is 16.8. The topological polar surface area (TPSA) is 91.3 Å². The number of amides is 1. The summed E-state index contributed by atoms with van der Waals surface area (Å²) >= 11 is 12.1. The molecule has 162 valence electrons. The van der Waals surface area contributed by atoms with E-state index in [0.29, 0.717) is 6.54 Å². The van der Waals surface area contributed by atoms with Gasteiger partial charge in [-0.1, -0.05) is 59.3 Å². The molecule has 3 aromatic rings. The lowest BCUT2D eigenvalue weighted by molar-refractivity contribution is -0.139. The first-order valence-corrected chi connectivity index (χ1v) is 10.4. The second kappa shape index (κ2) is 11.2. The number of hydrogen-bond donors (Lipinski definition) is 3. The summed E-state index contributed by atoms with van der Waals surface area (Å²) in [5.41, 5.74) is 1.57. The molecule has 3 rings (SSSR count). The van der Waals surface area contributed by atoms with Crippen molar-refractivity contribution in [2.75, 3.05) is 11.9 Å². The number of carboxylic acid groups (broad SMARTS) is 1. The van der Waals surface area contributed by atoms with E-state index in [4.69, 9.17) is 23.2 Å². The van der Waals surface area contributed by atoms with Gasteiger partial charge in [0.1, 0.15) is 11.9 Å². The third-order valence-electron chi connectivity index (χ3n) is 4.44. The van der Waals surface area contributed by atoms with Crippen molar-refractivity contribution in [3.63, 3.8) is 0 Å². The number of anilines is 1. The SMILES string of the molecule is O=C(N[C@@H](Cc1ccc(C#CCNc2ccccn2)cc1)C(=O)O)c1c(Cl)cccc1Cl. The van der Waals surface area contributed by atoms with Gasteiger partial charge in [0, 0.05) is 18.2 Å². The van der Waals surface area contributed by atoms with Crippen LogP contribution < -0.4 is 10.6 Å². The van der Waals surface area contributed by atoms with Crippen LogP contribution in [0.2, 0.25) is 10.0 Å². The van der Waals surface area contributed by atoms with Gasteiger partial charge in [-0.2, -0.15) is 0 Å². The molecule has 0 spiro atoms. The van der Waals surface area contributed by atoms with Crippen molar-refractivity contribution in [2.24, 2.45) is 0 Å². The van der Waals surface area contributed by atoms with Crippen LogP contribution in [0.15, 0.2) is 66.9 Å². The van der Waals surface area contributed by atoms with E-state index >= 15 is 0 Å². The summed E-state index contributed by atoms with van der Waals surface area (Å²) in [7, 11) is 0. The Labute approximate surface area is 195 Å². The first kappa shape index (κ1) is 23.1. The fraction of sp³-hybridized carbons (Fsp3) is 0.125. The molecule has 0 fully saturated rings. The molecule has 0 aliphatic rings. The number of halogens is 2. The smallest absolute Gasteiger partial charge is 0.326 e. The van der Waals surface area contributed by atoms with Crippen LogP contribution >= 0.6 is 23.2 Å². The highest BCUT2D eigenvalue weighted by Gasteiger charge is 2.23. The molecule has 8 heteroatoms. The number of aliphatic carboxylic acids is 1. The number of nitrogens with one attached hydrogen (secondary N) is 2. The van der Waals surface area contributed by atoms with Crippen molar-refractivity contribution in [3.8, 4) is 11.8 Å². The Morgan fingerprint density at radius 1 is 1.00 bits per heavy atom. The number of rotatable bonds is 7. The molecule has 0 saturated carbocycles. The third-order valence-corrected chi connectivity index (χ3v) is 5.07. The molecule has 1 heterocycles. The maximum atomic E-state index is 12.5. The number of pyridine rings is 1. The van der Waals surface area contributed by atoms with Crippen molar-refractivity contribution in [3.05, 3.63) is 93.6 Å². The van der Waals surface area contributed by atoms with E-state index in [9.17, 15) is 14.7 Å². The number of carbonyl (C=O) groups excluding carboxylic acids is 1. The second-order valence-corrected chi connectivity index (χ2v) is 7.55. The summed E-state index contributed by atoms with van der Waals surface area (Å²) < 4.78 is 0. The number of nitrogens with zero attached hydrogens (tertiary/aromatic N) is 1. The highest BCUT2D eigenvalue weighted by molar-refractivity contribution is 6.39. The Morgan fingerprint density at radius 2 is 1.72 bits per heavy atom. The van der Waals surface area contributed by atoms with E-state index in [2.05, 4.69) is 27.5 Å². The van der Waals surface area contributed by atoms with Crippen molar-refractivity contribution in [2.45, 2.75) is 12.5 Å². The molecule has 1 amide bonds. The fourth-order valence-electron chi connectivity index (χ4n) is 2.85. The van der Waals surface area contributed by atoms with Gasteiger partial charge in [-0.05, 0) is 42.0 Å². The Morgan fingerprint density at radius 3 is 2.34 bits per heavy atom. The number of hydrogen-bond acceptors (Lipinski definition) is 4. The number of carbonyl (C=O) groups is 2. The Kier molecular flexibility index (Phi) is 8.09. The minimum Gasteiger partial charge on any atom is -0.480 e. The number of carboxylic acids is 1. The first-order valence-electron chi connectivity index (χ1n) is 9.64. The maximum absolute atomic E-state index is 12.5. The van der Waals surface area contributed by atoms with Crippen LogP contribution in [-0.2, 0) is 11.2 Å². The predicted molar refractivity (Wildman–Crippen MR) is 125 cm³/mol. The van der Waals surface area contributed by atoms with Gasteiger partial charge in [0.15, 0.2) is 0 Å². The van der Waals surface area contributed by atoms with Crippen molar-refractivity contribution in [1.82, 2.24) is 10.3 Å². The summed E-state index contributed by atoms with van der Waals surface area (Å²) in [6.45, 7) is 0.441. The lowest BCUT2D eigenvalue weighted by Crippen LogP contribution is -2.42. The van der Waals surface area contributed by atoms with Crippen LogP contribution in [0.25, 0.3) is 0 Å². The largest absolute Gasteiger partial charge is 0.480 e. The molecule has 0 bridgehead atoms. The van der Waals surface area contributed by atoms with Gasteiger partial charge < -0.3 is 15.7 Å². The molecule has 0 radical (unpaired) electrons. The average molecular weight is 468 g/mol. The summed E-state index contributed by atoms with van der Waals surface area (Å²) in [4.78, 5) is 28.4. The maximum Gasteiger partial charge on any atom is 0.326 e. The molecule has 1 atom stereocenters. The van der Waals surface area contributed by atoms with E-state index in [1.165, 1.54) is 12.1 Å². The Bertz CT molecular complexity index is 1140. The average Bonchev–Trinajstić information content (AvgIpc) is 2.78. The highest BCUT2D eigenvalue weighted by Crippen LogP contribution is 2.24. The van der Waals surface area contributed by atoms with Crippen LogP contribution in [0.5, 0.6) is 0 Å². The zero-order valence-corrected chi connectivity index (χ0v) is 18.3. The monoisotopic (exact) mass is 467 g/mol. The fourth-order valence-corrected chi connectivity index (χ4v) is 3.42.